The number of hydrogen-bond acceptors (Lipinski definition) is 5. The van der Waals surface area contributed by atoms with Gasteiger partial charge in [-0.3, -0.25) is 4.90 Å². The van der Waals surface area contributed by atoms with E-state index in [2.05, 4.69) is 57.5 Å². The maximum absolute atomic E-state index is 5.47. The first-order valence-electron chi connectivity index (χ1n) is 6.93. The molecular formula is C16H18N4O. The van der Waals surface area contributed by atoms with Crippen LogP contribution in [0.3, 0.4) is 0 Å². The number of aromatic nitrogens is 2. The Hall–Kier alpha value is -2.24. The van der Waals surface area contributed by atoms with Crippen LogP contribution in [-0.4, -0.2) is 22.1 Å². The third-order valence-electron chi connectivity index (χ3n) is 3.42. The lowest BCUT2D eigenvalue weighted by Gasteiger charge is -2.16. The van der Waals surface area contributed by atoms with Crippen LogP contribution < -0.4 is 5.73 Å². The van der Waals surface area contributed by atoms with Crippen molar-refractivity contribution in [3.05, 3.63) is 59.7 Å². The molecule has 1 aromatic heterocycles. The van der Waals surface area contributed by atoms with Crippen molar-refractivity contribution in [3.63, 3.8) is 0 Å². The molecule has 0 unspecified atom stereocenters. The SMILES string of the molecule is CN(Cc1noc(CN)n1)Cc1cccc2ccccc12. The summed E-state index contributed by atoms with van der Waals surface area (Å²) in [6, 6.07) is 14.8. The van der Waals surface area contributed by atoms with E-state index in [1.807, 2.05) is 7.05 Å². The van der Waals surface area contributed by atoms with E-state index in [0.29, 0.717) is 18.3 Å². The van der Waals surface area contributed by atoms with Crippen LogP contribution in [0.5, 0.6) is 0 Å². The minimum atomic E-state index is 0.278. The third-order valence-corrected chi connectivity index (χ3v) is 3.42. The van der Waals surface area contributed by atoms with E-state index in [9.17, 15) is 0 Å². The molecule has 0 aliphatic heterocycles. The number of fused-ring (bicyclic) bond motifs is 1. The zero-order valence-corrected chi connectivity index (χ0v) is 12.0. The average molecular weight is 282 g/mol. The van der Waals surface area contributed by atoms with E-state index < -0.39 is 0 Å². The van der Waals surface area contributed by atoms with Crippen molar-refractivity contribution in [2.75, 3.05) is 7.05 Å². The highest BCUT2D eigenvalue weighted by atomic mass is 16.5. The molecule has 0 saturated carbocycles. The molecule has 0 fully saturated rings. The van der Waals surface area contributed by atoms with Crippen molar-refractivity contribution in [2.24, 2.45) is 5.73 Å². The van der Waals surface area contributed by atoms with Gasteiger partial charge in [0.15, 0.2) is 5.82 Å². The molecule has 2 N–H and O–H groups in total. The van der Waals surface area contributed by atoms with Crippen LogP contribution in [0.15, 0.2) is 47.0 Å². The zero-order chi connectivity index (χ0) is 14.7. The quantitative estimate of drug-likeness (QED) is 0.777. The van der Waals surface area contributed by atoms with Crippen LogP contribution in [0, 0.1) is 0 Å². The van der Waals surface area contributed by atoms with Gasteiger partial charge >= 0.3 is 0 Å². The first-order chi connectivity index (χ1) is 10.3. The third kappa shape index (κ3) is 3.09. The highest BCUT2D eigenvalue weighted by molar-refractivity contribution is 5.85. The number of benzene rings is 2. The first kappa shape index (κ1) is 13.7. The molecule has 3 rings (SSSR count). The predicted molar refractivity (Wildman–Crippen MR) is 81.3 cm³/mol. The van der Waals surface area contributed by atoms with Crippen LogP contribution >= 0.6 is 0 Å². The minimum Gasteiger partial charge on any atom is -0.338 e. The summed E-state index contributed by atoms with van der Waals surface area (Å²) in [4.78, 5) is 6.39. The molecule has 0 bridgehead atoms. The van der Waals surface area contributed by atoms with Crippen LogP contribution in [0.2, 0.25) is 0 Å². The second-order valence-electron chi connectivity index (χ2n) is 5.12. The Morgan fingerprint density at radius 2 is 1.90 bits per heavy atom. The number of rotatable bonds is 5. The fourth-order valence-electron chi connectivity index (χ4n) is 2.46. The lowest BCUT2D eigenvalue weighted by atomic mass is 10.0. The molecular weight excluding hydrogens is 264 g/mol. The first-order valence-corrected chi connectivity index (χ1v) is 6.93. The van der Waals surface area contributed by atoms with E-state index in [4.69, 9.17) is 10.3 Å². The molecule has 0 spiro atoms. The van der Waals surface area contributed by atoms with E-state index in [1.54, 1.807) is 0 Å². The van der Waals surface area contributed by atoms with E-state index in [0.717, 1.165) is 6.54 Å². The summed E-state index contributed by atoms with van der Waals surface area (Å²) in [6.07, 6.45) is 0. The minimum absolute atomic E-state index is 0.278. The predicted octanol–water partition coefficient (Wildman–Crippen LogP) is 2.31. The summed E-state index contributed by atoms with van der Waals surface area (Å²) in [5.41, 5.74) is 6.76. The van der Waals surface area contributed by atoms with Crippen LogP contribution in [0.1, 0.15) is 17.3 Å². The van der Waals surface area contributed by atoms with Gasteiger partial charge in [-0.05, 0) is 23.4 Å². The largest absolute Gasteiger partial charge is 0.338 e. The molecule has 0 amide bonds. The van der Waals surface area contributed by atoms with Crippen molar-refractivity contribution in [1.82, 2.24) is 15.0 Å². The summed E-state index contributed by atoms with van der Waals surface area (Å²) >= 11 is 0. The maximum atomic E-state index is 5.47. The lowest BCUT2D eigenvalue weighted by Crippen LogP contribution is -2.18. The Morgan fingerprint density at radius 3 is 2.71 bits per heavy atom. The molecule has 5 nitrogen and oxygen atoms in total. The highest BCUT2D eigenvalue weighted by Gasteiger charge is 2.09. The fraction of sp³-hybridized carbons (Fsp3) is 0.250. The van der Waals surface area contributed by atoms with Gasteiger partial charge in [0.25, 0.3) is 0 Å². The second kappa shape index (κ2) is 6.03. The molecule has 2 aromatic carbocycles. The molecule has 0 atom stereocenters. The van der Waals surface area contributed by atoms with Crippen molar-refractivity contribution < 1.29 is 4.52 Å². The normalized spacial score (nSPS) is 11.4. The van der Waals surface area contributed by atoms with Crippen molar-refractivity contribution in [2.45, 2.75) is 19.6 Å². The molecule has 21 heavy (non-hydrogen) atoms. The topological polar surface area (TPSA) is 68.2 Å². The maximum Gasteiger partial charge on any atom is 0.240 e. The summed E-state index contributed by atoms with van der Waals surface area (Å²) in [5, 5.41) is 6.46. The molecule has 0 aliphatic rings. The van der Waals surface area contributed by atoms with Gasteiger partial charge in [0.1, 0.15) is 0 Å². The van der Waals surface area contributed by atoms with Crippen LogP contribution in [-0.2, 0) is 19.6 Å². The number of hydrogen-bond donors (Lipinski definition) is 1. The second-order valence-corrected chi connectivity index (χ2v) is 5.12. The Morgan fingerprint density at radius 1 is 1.10 bits per heavy atom. The standard InChI is InChI=1S/C16H18N4O/c1-20(11-15-18-16(9-17)21-19-15)10-13-7-4-6-12-5-2-3-8-14(12)13/h2-8H,9-11,17H2,1H3. The van der Waals surface area contributed by atoms with Crippen LogP contribution in [0.4, 0.5) is 0 Å². The Kier molecular flexibility index (Phi) is 3.94. The van der Waals surface area contributed by atoms with Gasteiger partial charge in [0.2, 0.25) is 5.89 Å². The highest BCUT2D eigenvalue weighted by Crippen LogP contribution is 2.20. The van der Waals surface area contributed by atoms with Crippen LogP contribution in [0.25, 0.3) is 10.8 Å². The van der Waals surface area contributed by atoms with E-state index >= 15 is 0 Å². The average Bonchev–Trinajstić information content (AvgIpc) is 2.95. The van der Waals surface area contributed by atoms with E-state index in [1.165, 1.54) is 16.3 Å². The van der Waals surface area contributed by atoms with Gasteiger partial charge < -0.3 is 10.3 Å². The van der Waals surface area contributed by atoms with Crippen molar-refractivity contribution >= 4 is 10.8 Å². The van der Waals surface area contributed by atoms with Gasteiger partial charge in [-0.15, -0.1) is 0 Å². The Balaban J connectivity index is 1.75. The fourth-order valence-corrected chi connectivity index (χ4v) is 2.46. The van der Waals surface area contributed by atoms with Gasteiger partial charge in [0.05, 0.1) is 13.1 Å². The molecule has 0 saturated heterocycles. The van der Waals surface area contributed by atoms with Crippen molar-refractivity contribution in [3.8, 4) is 0 Å². The molecule has 3 aromatic rings. The molecule has 0 aliphatic carbocycles. The van der Waals surface area contributed by atoms with E-state index in [-0.39, 0.29) is 6.54 Å². The summed E-state index contributed by atoms with van der Waals surface area (Å²) < 4.78 is 5.02. The number of nitrogens with two attached hydrogens (primary N) is 1. The Labute approximate surface area is 123 Å². The van der Waals surface area contributed by atoms with Gasteiger partial charge in [-0.25, -0.2) is 0 Å². The molecule has 1 heterocycles. The summed E-state index contributed by atoms with van der Waals surface area (Å²) in [6.45, 7) is 1.74. The molecule has 108 valence electrons. The smallest absolute Gasteiger partial charge is 0.240 e. The summed E-state index contributed by atoms with van der Waals surface area (Å²) in [5.74, 6) is 1.14. The number of nitrogens with zero attached hydrogens (tertiary/aromatic N) is 3. The van der Waals surface area contributed by atoms with Gasteiger partial charge in [0, 0.05) is 6.54 Å². The van der Waals surface area contributed by atoms with Gasteiger partial charge in [-0.2, -0.15) is 4.98 Å². The Bertz CT molecular complexity index is 732. The molecule has 5 heteroatoms. The zero-order valence-electron chi connectivity index (χ0n) is 12.0. The van der Waals surface area contributed by atoms with Crippen molar-refractivity contribution in [1.29, 1.82) is 0 Å². The molecule has 0 radical (unpaired) electrons. The summed E-state index contributed by atoms with van der Waals surface area (Å²) in [7, 11) is 2.04. The van der Waals surface area contributed by atoms with Gasteiger partial charge in [-0.1, -0.05) is 47.6 Å². The lowest BCUT2D eigenvalue weighted by molar-refractivity contribution is 0.300. The monoisotopic (exact) mass is 282 g/mol.